The number of aryl methyl sites for hydroxylation is 1. The molecule has 1 N–H and O–H groups in total. The predicted molar refractivity (Wildman–Crippen MR) is 84.3 cm³/mol. The maximum atomic E-state index is 12.4. The molecule has 0 fully saturated rings. The Kier molecular flexibility index (Phi) is 5.92. The van der Waals surface area contributed by atoms with E-state index in [1.807, 2.05) is 6.92 Å². The van der Waals surface area contributed by atoms with E-state index in [1.54, 1.807) is 24.3 Å². The zero-order chi connectivity index (χ0) is 16.0. The summed E-state index contributed by atoms with van der Waals surface area (Å²) in [6.07, 6.45) is 1.54. The summed E-state index contributed by atoms with van der Waals surface area (Å²) >= 11 is 0. The summed E-state index contributed by atoms with van der Waals surface area (Å²) in [5.41, 5.74) is 1.46. The van der Waals surface area contributed by atoms with Crippen LogP contribution in [0.25, 0.3) is 0 Å². The number of hydrogen-bond donors (Lipinski definition) is 1. The molecule has 0 saturated carbocycles. The molecule has 0 unspecified atom stereocenters. The number of nitrogens with zero attached hydrogens (tertiary/aromatic N) is 2. The highest BCUT2D eigenvalue weighted by molar-refractivity contribution is 7.90. The maximum absolute atomic E-state index is 12.4. The van der Waals surface area contributed by atoms with E-state index in [2.05, 4.69) is 11.9 Å². The van der Waals surface area contributed by atoms with Gasteiger partial charge < -0.3 is 5.32 Å². The summed E-state index contributed by atoms with van der Waals surface area (Å²) in [4.78, 5) is 11.8. The lowest BCUT2D eigenvalue weighted by atomic mass is 10.2. The zero-order valence-corrected chi connectivity index (χ0v) is 13.4. The van der Waals surface area contributed by atoms with E-state index >= 15 is 0 Å². The Bertz CT molecular complexity index is 594. The van der Waals surface area contributed by atoms with E-state index in [-0.39, 0.29) is 12.5 Å². The van der Waals surface area contributed by atoms with E-state index < -0.39 is 10.2 Å². The minimum Gasteiger partial charge on any atom is -0.351 e. The van der Waals surface area contributed by atoms with Crippen LogP contribution in [0, 0.1) is 6.92 Å². The molecule has 1 amide bonds. The lowest BCUT2D eigenvalue weighted by Crippen LogP contribution is -2.45. The van der Waals surface area contributed by atoms with Gasteiger partial charge in [-0.1, -0.05) is 23.8 Å². The Morgan fingerprint density at radius 2 is 1.86 bits per heavy atom. The molecular formula is C14H21N3O3S. The second kappa shape index (κ2) is 7.24. The Hall–Kier alpha value is -1.86. The van der Waals surface area contributed by atoms with Crippen molar-refractivity contribution in [2.24, 2.45) is 0 Å². The number of nitrogens with one attached hydrogen (secondary N) is 1. The van der Waals surface area contributed by atoms with Crippen LogP contribution in [-0.2, 0) is 15.0 Å². The van der Waals surface area contributed by atoms with Gasteiger partial charge in [-0.3, -0.25) is 4.79 Å². The summed E-state index contributed by atoms with van der Waals surface area (Å²) in [6, 6.07) is 6.96. The number of amides is 1. The van der Waals surface area contributed by atoms with Gasteiger partial charge in [0.1, 0.15) is 6.54 Å². The van der Waals surface area contributed by atoms with Crippen LogP contribution in [0.5, 0.6) is 0 Å². The highest BCUT2D eigenvalue weighted by Crippen LogP contribution is 2.19. The fraction of sp³-hybridized carbons (Fsp3) is 0.357. The highest BCUT2D eigenvalue weighted by Gasteiger charge is 2.26. The molecule has 0 heterocycles. The van der Waals surface area contributed by atoms with Crippen molar-refractivity contribution in [3.8, 4) is 0 Å². The molecule has 1 rings (SSSR count). The van der Waals surface area contributed by atoms with Crippen LogP contribution in [0.1, 0.15) is 5.56 Å². The summed E-state index contributed by atoms with van der Waals surface area (Å²) in [5.74, 6) is -0.388. The van der Waals surface area contributed by atoms with Crippen molar-refractivity contribution in [3.05, 3.63) is 42.5 Å². The summed E-state index contributed by atoms with van der Waals surface area (Å²) in [5, 5.41) is 2.57. The number of carbonyl (C=O) groups excluding carboxylic acids is 1. The Labute approximate surface area is 126 Å². The van der Waals surface area contributed by atoms with Crippen molar-refractivity contribution in [3.63, 3.8) is 0 Å². The quantitative estimate of drug-likeness (QED) is 0.761. The van der Waals surface area contributed by atoms with Crippen molar-refractivity contribution in [1.82, 2.24) is 9.62 Å². The normalized spacial score (nSPS) is 11.2. The van der Waals surface area contributed by atoms with Crippen molar-refractivity contribution in [2.75, 3.05) is 31.5 Å². The minimum atomic E-state index is -3.74. The molecule has 6 nitrogen and oxygen atoms in total. The monoisotopic (exact) mass is 311 g/mol. The van der Waals surface area contributed by atoms with E-state index in [4.69, 9.17) is 0 Å². The molecular weight excluding hydrogens is 290 g/mol. The van der Waals surface area contributed by atoms with Crippen LogP contribution in [0.4, 0.5) is 5.69 Å². The second-order valence-corrected chi connectivity index (χ2v) is 6.79. The van der Waals surface area contributed by atoms with Crippen molar-refractivity contribution in [2.45, 2.75) is 6.92 Å². The van der Waals surface area contributed by atoms with Crippen LogP contribution in [0.3, 0.4) is 0 Å². The molecule has 1 aromatic carbocycles. The third-order valence-electron chi connectivity index (χ3n) is 2.79. The average molecular weight is 311 g/mol. The highest BCUT2D eigenvalue weighted by atomic mass is 32.2. The molecule has 0 aliphatic carbocycles. The molecule has 0 radical (unpaired) electrons. The van der Waals surface area contributed by atoms with Crippen LogP contribution < -0.4 is 9.62 Å². The maximum Gasteiger partial charge on any atom is 0.304 e. The predicted octanol–water partition coefficient (Wildman–Crippen LogP) is 0.910. The molecule has 0 spiro atoms. The molecule has 0 saturated heterocycles. The van der Waals surface area contributed by atoms with Crippen LogP contribution in [-0.4, -0.2) is 45.8 Å². The van der Waals surface area contributed by atoms with Gasteiger partial charge >= 0.3 is 10.2 Å². The number of carbonyl (C=O) groups is 1. The van der Waals surface area contributed by atoms with Gasteiger partial charge in [-0.2, -0.15) is 12.7 Å². The number of anilines is 1. The van der Waals surface area contributed by atoms with Crippen LogP contribution in [0.15, 0.2) is 36.9 Å². The van der Waals surface area contributed by atoms with Gasteiger partial charge in [0, 0.05) is 20.6 Å². The third-order valence-corrected chi connectivity index (χ3v) is 4.61. The second-order valence-electron chi connectivity index (χ2n) is 4.73. The zero-order valence-electron chi connectivity index (χ0n) is 12.5. The lowest BCUT2D eigenvalue weighted by Gasteiger charge is -2.26. The van der Waals surface area contributed by atoms with E-state index in [0.29, 0.717) is 12.2 Å². The minimum absolute atomic E-state index is 0.280. The Morgan fingerprint density at radius 3 is 2.33 bits per heavy atom. The van der Waals surface area contributed by atoms with Gasteiger partial charge in [-0.25, -0.2) is 4.31 Å². The van der Waals surface area contributed by atoms with Crippen molar-refractivity contribution in [1.29, 1.82) is 0 Å². The molecule has 0 bridgehead atoms. The first-order valence-electron chi connectivity index (χ1n) is 6.43. The van der Waals surface area contributed by atoms with Crippen molar-refractivity contribution >= 4 is 21.8 Å². The molecule has 0 aliphatic heterocycles. The van der Waals surface area contributed by atoms with Gasteiger partial charge in [0.2, 0.25) is 5.91 Å². The molecule has 0 aliphatic rings. The summed E-state index contributed by atoms with van der Waals surface area (Å²) in [6.45, 7) is 5.42. The third kappa shape index (κ3) is 4.57. The fourth-order valence-corrected chi connectivity index (χ4v) is 2.65. The molecule has 116 valence electrons. The topological polar surface area (TPSA) is 69.7 Å². The van der Waals surface area contributed by atoms with E-state index in [1.165, 1.54) is 20.2 Å². The van der Waals surface area contributed by atoms with Gasteiger partial charge in [-0.15, -0.1) is 6.58 Å². The van der Waals surface area contributed by atoms with E-state index in [0.717, 1.165) is 14.2 Å². The van der Waals surface area contributed by atoms with Crippen LogP contribution >= 0.6 is 0 Å². The fourth-order valence-electron chi connectivity index (χ4n) is 1.59. The first kappa shape index (κ1) is 17.2. The SMILES string of the molecule is C=CCNC(=O)CN(c1ccc(C)cc1)S(=O)(=O)N(C)C. The molecule has 1 aromatic rings. The smallest absolute Gasteiger partial charge is 0.304 e. The first-order valence-corrected chi connectivity index (χ1v) is 7.83. The average Bonchev–Trinajstić information content (AvgIpc) is 2.43. The van der Waals surface area contributed by atoms with Crippen LogP contribution in [0.2, 0.25) is 0 Å². The number of benzene rings is 1. The Balaban J connectivity index is 3.09. The lowest BCUT2D eigenvalue weighted by molar-refractivity contribution is -0.119. The number of hydrogen-bond acceptors (Lipinski definition) is 3. The largest absolute Gasteiger partial charge is 0.351 e. The standard InChI is InChI=1S/C14H21N3O3S/c1-5-10-15-14(18)11-17(21(19,20)16(3)4)13-8-6-12(2)7-9-13/h5-9H,1,10-11H2,2-4H3,(H,15,18). The summed E-state index contributed by atoms with van der Waals surface area (Å²) < 4.78 is 26.9. The first-order chi connectivity index (χ1) is 9.78. The van der Waals surface area contributed by atoms with E-state index in [9.17, 15) is 13.2 Å². The van der Waals surface area contributed by atoms with Gasteiger partial charge in [0.15, 0.2) is 0 Å². The Morgan fingerprint density at radius 1 is 1.29 bits per heavy atom. The molecule has 0 aromatic heterocycles. The number of rotatable bonds is 7. The van der Waals surface area contributed by atoms with Gasteiger partial charge in [0.05, 0.1) is 5.69 Å². The van der Waals surface area contributed by atoms with Gasteiger partial charge in [-0.05, 0) is 19.1 Å². The molecule has 21 heavy (non-hydrogen) atoms. The molecule has 0 atom stereocenters. The van der Waals surface area contributed by atoms with Gasteiger partial charge in [0.25, 0.3) is 0 Å². The molecule has 7 heteroatoms. The van der Waals surface area contributed by atoms with Crippen molar-refractivity contribution < 1.29 is 13.2 Å². The summed E-state index contributed by atoms with van der Waals surface area (Å²) in [7, 11) is -0.888.